The summed E-state index contributed by atoms with van der Waals surface area (Å²) in [4.78, 5) is 27.9. The second-order valence-electron chi connectivity index (χ2n) is 6.64. The highest BCUT2D eigenvalue weighted by Crippen LogP contribution is 2.27. The number of nitrogens with one attached hydrogen (secondary N) is 1. The number of amides is 2. The van der Waals surface area contributed by atoms with Gasteiger partial charge in [-0.1, -0.05) is 18.2 Å². The number of hydrogen-bond donors (Lipinski definition) is 1. The van der Waals surface area contributed by atoms with E-state index >= 15 is 0 Å². The zero-order valence-corrected chi connectivity index (χ0v) is 14.9. The number of likely N-dealkylation sites (tertiary alicyclic amines) is 1. The topological polar surface area (TPSA) is 61.9 Å². The Hall–Kier alpha value is -2.24. The zero-order chi connectivity index (χ0) is 17.6. The number of carbonyl (C=O) groups is 2. The predicted molar refractivity (Wildman–Crippen MR) is 96.7 cm³/mol. The third-order valence-corrected chi connectivity index (χ3v) is 4.98. The molecule has 136 valence electrons. The summed E-state index contributed by atoms with van der Waals surface area (Å²) in [6.45, 7) is 5.24. The first-order valence-electron chi connectivity index (χ1n) is 9.21. The van der Waals surface area contributed by atoms with Gasteiger partial charge in [-0.15, -0.1) is 0 Å². The first kappa shape index (κ1) is 17.6. The molecule has 0 radical (unpaired) electrons. The molecule has 0 aliphatic carbocycles. The van der Waals surface area contributed by atoms with Crippen LogP contribution in [0.1, 0.15) is 31.7 Å². The number of piperidine rings is 1. The van der Waals surface area contributed by atoms with Crippen LogP contribution in [-0.2, 0) is 16.0 Å². The van der Waals surface area contributed by atoms with E-state index in [1.165, 1.54) is 11.3 Å². The van der Waals surface area contributed by atoms with Crippen LogP contribution in [0, 0.1) is 0 Å². The molecule has 2 heterocycles. The third-order valence-electron chi connectivity index (χ3n) is 4.98. The minimum atomic E-state index is -0.250. The molecule has 2 aliphatic rings. The number of fused-ring (bicyclic) bond motifs is 1. The fraction of sp³-hybridized carbons (Fsp3) is 0.579. The molecule has 6 heteroatoms. The first-order chi connectivity index (χ1) is 12.2. The van der Waals surface area contributed by atoms with Gasteiger partial charge in [-0.2, -0.15) is 0 Å². The van der Waals surface area contributed by atoms with Gasteiger partial charge >= 0.3 is 6.09 Å². The van der Waals surface area contributed by atoms with Crippen molar-refractivity contribution in [2.75, 3.05) is 37.7 Å². The molecule has 0 spiro atoms. The maximum atomic E-state index is 12.3. The Kier molecular flexibility index (Phi) is 5.79. The van der Waals surface area contributed by atoms with Gasteiger partial charge in [0, 0.05) is 44.3 Å². The van der Waals surface area contributed by atoms with E-state index in [-0.39, 0.29) is 18.0 Å². The fourth-order valence-electron chi connectivity index (χ4n) is 3.60. The van der Waals surface area contributed by atoms with Crippen LogP contribution in [-0.4, -0.2) is 55.7 Å². The molecule has 6 nitrogen and oxygen atoms in total. The van der Waals surface area contributed by atoms with Crippen molar-refractivity contribution in [3.05, 3.63) is 29.8 Å². The standard InChI is InChI=1S/C19H27N3O3/c1-2-25-19(24)22-12-8-16(9-13-22)20-18(23)10-14-21-11-7-15-5-3-4-6-17(15)21/h3-6,16H,2,7-14H2,1H3,(H,20,23). The van der Waals surface area contributed by atoms with Crippen LogP contribution in [0.5, 0.6) is 0 Å². The van der Waals surface area contributed by atoms with Crippen LogP contribution >= 0.6 is 0 Å². The predicted octanol–water partition coefficient (Wildman–Crippen LogP) is 2.18. The maximum Gasteiger partial charge on any atom is 0.409 e. The van der Waals surface area contributed by atoms with E-state index in [0.29, 0.717) is 26.1 Å². The highest BCUT2D eigenvalue weighted by Gasteiger charge is 2.25. The highest BCUT2D eigenvalue weighted by atomic mass is 16.6. The van der Waals surface area contributed by atoms with Crippen LogP contribution < -0.4 is 10.2 Å². The van der Waals surface area contributed by atoms with E-state index in [0.717, 1.165) is 32.4 Å². The smallest absolute Gasteiger partial charge is 0.409 e. The molecule has 2 amide bonds. The average molecular weight is 345 g/mol. The Labute approximate surface area is 149 Å². The van der Waals surface area contributed by atoms with Crippen molar-refractivity contribution in [3.63, 3.8) is 0 Å². The lowest BCUT2D eigenvalue weighted by Crippen LogP contribution is -2.47. The van der Waals surface area contributed by atoms with E-state index in [1.54, 1.807) is 4.90 Å². The lowest BCUT2D eigenvalue weighted by Gasteiger charge is -2.31. The van der Waals surface area contributed by atoms with Crippen molar-refractivity contribution >= 4 is 17.7 Å². The largest absolute Gasteiger partial charge is 0.450 e. The van der Waals surface area contributed by atoms with Crippen LogP contribution in [0.2, 0.25) is 0 Å². The number of para-hydroxylation sites is 1. The Balaban J connectivity index is 1.39. The monoisotopic (exact) mass is 345 g/mol. The van der Waals surface area contributed by atoms with E-state index in [1.807, 2.05) is 6.92 Å². The SMILES string of the molecule is CCOC(=O)N1CCC(NC(=O)CCN2CCc3ccccc32)CC1. The Morgan fingerprint density at radius 2 is 1.96 bits per heavy atom. The number of nitrogens with zero attached hydrogens (tertiary/aromatic N) is 2. The molecule has 1 N–H and O–H groups in total. The van der Waals surface area contributed by atoms with E-state index in [4.69, 9.17) is 4.74 Å². The molecule has 0 saturated carbocycles. The molecular formula is C19H27N3O3. The molecule has 0 bridgehead atoms. The van der Waals surface area contributed by atoms with Crippen LogP contribution in [0.15, 0.2) is 24.3 Å². The normalized spacial score (nSPS) is 17.3. The molecule has 2 aliphatic heterocycles. The number of rotatable bonds is 5. The summed E-state index contributed by atoms with van der Waals surface area (Å²) in [5.74, 6) is 0.0963. The Morgan fingerprint density at radius 3 is 2.72 bits per heavy atom. The summed E-state index contributed by atoms with van der Waals surface area (Å²) in [5, 5.41) is 3.11. The van der Waals surface area contributed by atoms with Crippen molar-refractivity contribution in [3.8, 4) is 0 Å². The average Bonchev–Trinajstić information content (AvgIpc) is 3.04. The van der Waals surface area contributed by atoms with E-state index in [9.17, 15) is 9.59 Å². The van der Waals surface area contributed by atoms with E-state index in [2.05, 4.69) is 34.5 Å². The minimum absolute atomic E-state index is 0.0963. The van der Waals surface area contributed by atoms with Gasteiger partial charge in [0.25, 0.3) is 0 Å². The van der Waals surface area contributed by atoms with Crippen molar-refractivity contribution in [2.24, 2.45) is 0 Å². The van der Waals surface area contributed by atoms with Gasteiger partial charge in [0.15, 0.2) is 0 Å². The lowest BCUT2D eigenvalue weighted by atomic mass is 10.1. The summed E-state index contributed by atoms with van der Waals surface area (Å²) in [6.07, 6.45) is 2.89. The molecule has 3 rings (SSSR count). The third kappa shape index (κ3) is 4.44. The first-order valence-corrected chi connectivity index (χ1v) is 9.21. The van der Waals surface area contributed by atoms with Crippen molar-refractivity contribution < 1.29 is 14.3 Å². The zero-order valence-electron chi connectivity index (χ0n) is 14.9. The molecule has 1 fully saturated rings. The van der Waals surface area contributed by atoms with Crippen LogP contribution in [0.4, 0.5) is 10.5 Å². The minimum Gasteiger partial charge on any atom is -0.450 e. The number of ether oxygens (including phenoxy) is 1. The molecule has 0 aromatic heterocycles. The van der Waals surface area contributed by atoms with Gasteiger partial charge in [0.2, 0.25) is 5.91 Å². The maximum absolute atomic E-state index is 12.3. The van der Waals surface area contributed by atoms with Crippen molar-refractivity contribution in [1.82, 2.24) is 10.2 Å². The Morgan fingerprint density at radius 1 is 1.20 bits per heavy atom. The molecule has 1 saturated heterocycles. The lowest BCUT2D eigenvalue weighted by molar-refractivity contribution is -0.121. The second-order valence-corrected chi connectivity index (χ2v) is 6.64. The van der Waals surface area contributed by atoms with Gasteiger partial charge in [-0.25, -0.2) is 4.79 Å². The number of benzene rings is 1. The Bertz CT molecular complexity index is 612. The highest BCUT2D eigenvalue weighted by molar-refractivity contribution is 5.77. The fourth-order valence-corrected chi connectivity index (χ4v) is 3.60. The van der Waals surface area contributed by atoms with Gasteiger partial charge in [0.1, 0.15) is 0 Å². The summed E-state index contributed by atoms with van der Waals surface area (Å²) in [7, 11) is 0. The molecular weight excluding hydrogens is 318 g/mol. The quantitative estimate of drug-likeness (QED) is 0.888. The van der Waals surface area contributed by atoms with Gasteiger partial charge < -0.3 is 19.9 Å². The summed E-state index contributed by atoms with van der Waals surface area (Å²) < 4.78 is 5.02. The van der Waals surface area contributed by atoms with Gasteiger partial charge in [0.05, 0.1) is 6.61 Å². The molecule has 1 aromatic rings. The molecule has 25 heavy (non-hydrogen) atoms. The molecule has 1 aromatic carbocycles. The summed E-state index contributed by atoms with van der Waals surface area (Å²) >= 11 is 0. The van der Waals surface area contributed by atoms with Crippen LogP contribution in [0.3, 0.4) is 0 Å². The number of carbonyl (C=O) groups excluding carboxylic acids is 2. The van der Waals surface area contributed by atoms with Gasteiger partial charge in [-0.3, -0.25) is 4.79 Å². The molecule has 0 unspecified atom stereocenters. The summed E-state index contributed by atoms with van der Waals surface area (Å²) in [6, 6.07) is 8.56. The van der Waals surface area contributed by atoms with Crippen LogP contribution in [0.25, 0.3) is 0 Å². The van der Waals surface area contributed by atoms with Crippen molar-refractivity contribution in [2.45, 2.75) is 38.6 Å². The number of hydrogen-bond acceptors (Lipinski definition) is 4. The molecule has 0 atom stereocenters. The van der Waals surface area contributed by atoms with Gasteiger partial charge in [-0.05, 0) is 37.8 Å². The van der Waals surface area contributed by atoms with Crippen molar-refractivity contribution in [1.29, 1.82) is 0 Å². The van der Waals surface area contributed by atoms with E-state index < -0.39 is 0 Å². The number of anilines is 1. The summed E-state index contributed by atoms with van der Waals surface area (Å²) in [5.41, 5.74) is 2.63. The second kappa shape index (κ2) is 8.23.